The number of nitrogens with zero attached hydrogens (tertiary/aromatic N) is 3. The minimum absolute atomic E-state index is 0.00972. The maximum Gasteiger partial charge on any atom is 0.490 e. The first-order valence-electron chi connectivity index (χ1n) is 9.08. The number of nitrogens with two attached hydrogens (primary N) is 1. The molecule has 0 saturated carbocycles. The lowest BCUT2D eigenvalue weighted by molar-refractivity contribution is -0.192. The fourth-order valence-corrected chi connectivity index (χ4v) is 2.03. The second-order valence-corrected chi connectivity index (χ2v) is 5.97. The van der Waals surface area contributed by atoms with Crippen LogP contribution in [0.1, 0.15) is 25.5 Å². The summed E-state index contributed by atoms with van der Waals surface area (Å²) < 4.78 is 36.1. The maximum atomic E-state index is 11.9. The van der Waals surface area contributed by atoms with E-state index in [1.54, 1.807) is 11.1 Å². The van der Waals surface area contributed by atoms with Crippen molar-refractivity contribution in [2.45, 2.75) is 38.4 Å². The summed E-state index contributed by atoms with van der Waals surface area (Å²) >= 11 is 0. The fourth-order valence-electron chi connectivity index (χ4n) is 2.03. The third kappa shape index (κ3) is 12.7. The number of unbranched alkanes of at least 4 members (excludes halogenated alkanes) is 1. The number of piperazine rings is 1. The highest BCUT2D eigenvalue weighted by molar-refractivity contribution is 5.82. The van der Waals surface area contributed by atoms with Crippen LogP contribution in [0.5, 0.6) is 0 Å². The number of aromatic nitrogens is 3. The number of nitrogens with one attached hydrogen (secondary N) is 2. The first-order valence-corrected chi connectivity index (χ1v) is 9.08. The van der Waals surface area contributed by atoms with E-state index in [2.05, 4.69) is 25.5 Å². The number of hydrogen-bond acceptors (Lipinski definition) is 8. The van der Waals surface area contributed by atoms with Gasteiger partial charge >= 0.3 is 12.1 Å². The first kappa shape index (κ1) is 27.3. The van der Waals surface area contributed by atoms with Crippen LogP contribution in [-0.2, 0) is 25.5 Å². The number of hydrogen-bond donors (Lipinski definition) is 4. The number of aromatic amines is 1. The molecule has 1 atom stereocenters. The van der Waals surface area contributed by atoms with E-state index >= 15 is 0 Å². The number of aliphatic carboxylic acids is 1. The van der Waals surface area contributed by atoms with Gasteiger partial charge in [-0.25, -0.2) is 4.79 Å². The lowest BCUT2D eigenvalue weighted by Crippen LogP contribution is -2.52. The summed E-state index contributed by atoms with van der Waals surface area (Å²) in [5, 5.41) is 20.4. The summed E-state index contributed by atoms with van der Waals surface area (Å²) in [4.78, 5) is 32.1. The van der Waals surface area contributed by atoms with Gasteiger partial charge in [0, 0.05) is 32.6 Å². The molecule has 172 valence electrons. The Morgan fingerprint density at radius 1 is 1.40 bits per heavy atom. The highest BCUT2D eigenvalue weighted by Crippen LogP contribution is 2.13. The van der Waals surface area contributed by atoms with E-state index in [4.69, 9.17) is 15.6 Å². The standard InChI is InChI=1S/C9H16N6O.C5H10O2.C2HF3O2/c10-8(5-7-6-12-14-13-7)9(16)15-3-1-11-2-4-15;1-2-3-4-7-5-6;3-2(4,5)1(6)7/h6,8,11H,1-5,10H2,(H,12,13,14);5H,2-4H2,1H3;(H,6,7). The van der Waals surface area contributed by atoms with Crippen molar-refractivity contribution in [1.29, 1.82) is 0 Å². The van der Waals surface area contributed by atoms with E-state index < -0.39 is 18.2 Å². The summed E-state index contributed by atoms with van der Waals surface area (Å²) in [6.45, 7) is 6.23. The average molecular weight is 440 g/mol. The monoisotopic (exact) mass is 440 g/mol. The Labute approximate surface area is 171 Å². The molecule has 1 aromatic heterocycles. The number of H-pyrrole nitrogens is 1. The molecule has 1 aliphatic heterocycles. The predicted octanol–water partition coefficient (Wildman–Crippen LogP) is -0.301. The van der Waals surface area contributed by atoms with Gasteiger partial charge in [0.1, 0.15) is 0 Å². The van der Waals surface area contributed by atoms with Gasteiger partial charge in [0.05, 0.1) is 24.5 Å². The third-order valence-electron chi connectivity index (χ3n) is 3.57. The molecule has 14 heteroatoms. The largest absolute Gasteiger partial charge is 0.490 e. The van der Waals surface area contributed by atoms with E-state index in [1.165, 1.54) is 0 Å². The number of carboxylic acid groups (broad SMARTS) is 1. The SMILES string of the molecule is CCCCOC=O.NC(Cc1cn[nH]n1)C(=O)N1CCNCC1.O=C(O)C(F)(F)F. The van der Waals surface area contributed by atoms with Crippen molar-refractivity contribution in [3.8, 4) is 0 Å². The summed E-state index contributed by atoms with van der Waals surface area (Å²) in [7, 11) is 0. The Kier molecular flexibility index (Phi) is 13.8. The minimum atomic E-state index is -5.08. The van der Waals surface area contributed by atoms with Crippen LogP contribution in [0.3, 0.4) is 0 Å². The Morgan fingerprint density at radius 3 is 2.43 bits per heavy atom. The van der Waals surface area contributed by atoms with Gasteiger partial charge < -0.3 is 25.8 Å². The summed E-state index contributed by atoms with van der Waals surface area (Å²) in [6, 6.07) is -0.525. The second-order valence-electron chi connectivity index (χ2n) is 5.97. The first-order chi connectivity index (χ1) is 14.1. The number of carbonyl (C=O) groups excluding carboxylic acids is 2. The van der Waals surface area contributed by atoms with E-state index in [1.807, 2.05) is 6.92 Å². The van der Waals surface area contributed by atoms with Crippen LogP contribution in [0.15, 0.2) is 6.20 Å². The minimum Gasteiger partial charge on any atom is -0.475 e. The van der Waals surface area contributed by atoms with Gasteiger partial charge in [-0.15, -0.1) is 0 Å². The zero-order valence-electron chi connectivity index (χ0n) is 16.5. The molecule has 1 aliphatic rings. The van der Waals surface area contributed by atoms with Crippen molar-refractivity contribution < 1.29 is 37.4 Å². The van der Waals surface area contributed by atoms with E-state index in [0.717, 1.165) is 44.7 Å². The molecule has 30 heavy (non-hydrogen) atoms. The molecule has 1 saturated heterocycles. The van der Waals surface area contributed by atoms with Crippen LogP contribution in [0.2, 0.25) is 0 Å². The van der Waals surface area contributed by atoms with Gasteiger partial charge in [0.15, 0.2) is 0 Å². The van der Waals surface area contributed by atoms with Gasteiger partial charge in [-0.05, 0) is 6.42 Å². The molecule has 0 aliphatic carbocycles. The zero-order valence-corrected chi connectivity index (χ0v) is 16.5. The smallest absolute Gasteiger partial charge is 0.475 e. The van der Waals surface area contributed by atoms with Gasteiger partial charge in [-0.1, -0.05) is 13.3 Å². The van der Waals surface area contributed by atoms with Gasteiger partial charge in [-0.2, -0.15) is 28.6 Å². The summed E-state index contributed by atoms with van der Waals surface area (Å²) in [6.07, 6.45) is -1.02. The Bertz CT molecular complexity index is 609. The molecule has 2 rings (SSSR count). The van der Waals surface area contributed by atoms with Crippen LogP contribution >= 0.6 is 0 Å². The van der Waals surface area contributed by atoms with Gasteiger partial charge in [0.25, 0.3) is 6.47 Å². The molecule has 1 fully saturated rings. The normalized spacial score (nSPS) is 14.4. The molecule has 1 amide bonds. The highest BCUT2D eigenvalue weighted by Gasteiger charge is 2.38. The van der Waals surface area contributed by atoms with Crippen molar-refractivity contribution in [3.63, 3.8) is 0 Å². The summed E-state index contributed by atoms with van der Waals surface area (Å²) in [5.74, 6) is -2.77. The Morgan fingerprint density at radius 2 is 2.00 bits per heavy atom. The Balaban J connectivity index is 0.000000503. The number of alkyl halides is 3. The molecule has 0 spiro atoms. The third-order valence-corrected chi connectivity index (χ3v) is 3.57. The molecular weight excluding hydrogens is 413 g/mol. The molecule has 0 radical (unpaired) electrons. The number of halogens is 3. The summed E-state index contributed by atoms with van der Waals surface area (Å²) in [5.41, 5.74) is 6.56. The number of ether oxygens (including phenoxy) is 1. The van der Waals surface area contributed by atoms with E-state index in [-0.39, 0.29) is 5.91 Å². The average Bonchev–Trinajstić information content (AvgIpc) is 3.22. The fraction of sp³-hybridized carbons (Fsp3) is 0.688. The molecular formula is C16H27F3N6O5. The van der Waals surface area contributed by atoms with Crippen LogP contribution in [0.4, 0.5) is 13.2 Å². The zero-order chi connectivity index (χ0) is 23.0. The van der Waals surface area contributed by atoms with Gasteiger partial charge in [-0.3, -0.25) is 9.59 Å². The molecule has 2 heterocycles. The molecule has 0 aromatic carbocycles. The number of carboxylic acids is 1. The van der Waals surface area contributed by atoms with Crippen molar-refractivity contribution >= 4 is 18.3 Å². The molecule has 0 bridgehead atoms. The number of amides is 1. The molecule has 5 N–H and O–H groups in total. The topological polar surface area (TPSA) is 164 Å². The molecule has 11 nitrogen and oxygen atoms in total. The number of carbonyl (C=O) groups is 3. The van der Waals surface area contributed by atoms with E-state index in [0.29, 0.717) is 19.5 Å². The van der Waals surface area contributed by atoms with Crippen molar-refractivity contribution in [2.75, 3.05) is 32.8 Å². The van der Waals surface area contributed by atoms with Crippen LogP contribution < -0.4 is 11.1 Å². The van der Waals surface area contributed by atoms with Crippen molar-refractivity contribution in [2.24, 2.45) is 5.73 Å². The Hall–Kier alpha value is -2.74. The molecule has 1 aromatic rings. The van der Waals surface area contributed by atoms with Crippen LogP contribution in [-0.4, -0.2) is 88.8 Å². The van der Waals surface area contributed by atoms with E-state index in [9.17, 15) is 22.8 Å². The quantitative estimate of drug-likeness (QED) is 0.329. The van der Waals surface area contributed by atoms with Gasteiger partial charge in [0.2, 0.25) is 5.91 Å². The maximum absolute atomic E-state index is 11.9. The number of rotatable bonds is 7. The highest BCUT2D eigenvalue weighted by atomic mass is 19.4. The van der Waals surface area contributed by atoms with Crippen LogP contribution in [0.25, 0.3) is 0 Å². The van der Waals surface area contributed by atoms with Crippen molar-refractivity contribution in [3.05, 3.63) is 11.9 Å². The lowest BCUT2D eigenvalue weighted by atomic mass is 10.1. The predicted molar refractivity (Wildman–Crippen MR) is 98.1 cm³/mol. The van der Waals surface area contributed by atoms with Crippen LogP contribution in [0, 0.1) is 0 Å². The lowest BCUT2D eigenvalue weighted by Gasteiger charge is -2.29. The van der Waals surface area contributed by atoms with Crippen molar-refractivity contribution in [1.82, 2.24) is 25.6 Å². The molecule has 1 unspecified atom stereocenters. The second kappa shape index (κ2) is 15.1.